The van der Waals surface area contributed by atoms with Crippen molar-refractivity contribution in [2.24, 2.45) is 7.05 Å². The number of rotatable bonds is 6. The molecule has 5 rings (SSSR count). The van der Waals surface area contributed by atoms with Crippen LogP contribution in [-0.2, 0) is 18.4 Å². The first kappa shape index (κ1) is 23.2. The Labute approximate surface area is 205 Å². The van der Waals surface area contributed by atoms with Gasteiger partial charge in [-0.05, 0) is 54.2 Å². The summed E-state index contributed by atoms with van der Waals surface area (Å²) in [5.74, 6) is 0.230. The molecule has 4 aromatic rings. The first-order valence-electron chi connectivity index (χ1n) is 12.2. The van der Waals surface area contributed by atoms with Crippen molar-refractivity contribution in [3.8, 4) is 17.0 Å². The second kappa shape index (κ2) is 9.95. The summed E-state index contributed by atoms with van der Waals surface area (Å²) in [6.07, 6.45) is 5.88. The van der Waals surface area contributed by atoms with Crippen molar-refractivity contribution in [1.82, 2.24) is 4.57 Å². The number of aryl methyl sites for hydroxylation is 1. The molecule has 35 heavy (non-hydrogen) atoms. The molecule has 0 N–H and O–H groups in total. The van der Waals surface area contributed by atoms with E-state index in [1.165, 1.54) is 44.1 Å². The second-order valence-electron chi connectivity index (χ2n) is 9.29. The summed E-state index contributed by atoms with van der Waals surface area (Å²) in [5, 5.41) is 1.13. The summed E-state index contributed by atoms with van der Waals surface area (Å²) in [6.45, 7) is 0.354. The molecule has 0 aliphatic heterocycles. The molecule has 1 saturated carbocycles. The predicted octanol–water partition coefficient (Wildman–Crippen LogP) is 7.40. The van der Waals surface area contributed by atoms with Crippen molar-refractivity contribution in [1.29, 1.82) is 0 Å². The smallest absolute Gasteiger partial charge is 0.337 e. The third-order valence-electron chi connectivity index (χ3n) is 7.11. The van der Waals surface area contributed by atoms with E-state index in [0.29, 0.717) is 23.8 Å². The van der Waals surface area contributed by atoms with Crippen molar-refractivity contribution in [2.75, 3.05) is 7.11 Å². The zero-order chi connectivity index (χ0) is 24.4. The lowest BCUT2D eigenvalue weighted by Gasteiger charge is -2.24. The van der Waals surface area contributed by atoms with Gasteiger partial charge in [0.1, 0.15) is 18.2 Å². The van der Waals surface area contributed by atoms with Gasteiger partial charge in [-0.15, -0.1) is 0 Å². The number of carbonyl (C=O) groups is 1. The van der Waals surface area contributed by atoms with E-state index in [2.05, 4.69) is 4.57 Å². The lowest BCUT2D eigenvalue weighted by molar-refractivity contribution is 0.0601. The topological polar surface area (TPSA) is 40.5 Å². The minimum Gasteiger partial charge on any atom is -0.488 e. The second-order valence-corrected chi connectivity index (χ2v) is 9.29. The van der Waals surface area contributed by atoms with E-state index in [9.17, 15) is 9.18 Å². The minimum absolute atomic E-state index is 0.331. The largest absolute Gasteiger partial charge is 0.488 e. The van der Waals surface area contributed by atoms with Gasteiger partial charge in [-0.25, -0.2) is 9.18 Å². The Balaban J connectivity index is 1.67. The summed E-state index contributed by atoms with van der Waals surface area (Å²) < 4.78 is 27.7. The maximum atomic E-state index is 14.4. The quantitative estimate of drug-likeness (QED) is 0.275. The van der Waals surface area contributed by atoms with Gasteiger partial charge in [-0.2, -0.15) is 0 Å². The number of halogens is 1. The summed E-state index contributed by atoms with van der Waals surface area (Å²) >= 11 is 0. The molecule has 3 aromatic carbocycles. The number of hydrogen-bond donors (Lipinski definition) is 0. The standard InChI is InChI=1S/C30H30FNO3/c1-32-26-17-22(30(33)34-2)13-15-24(26)28(21-11-7-4-8-12-21)29(32)25-16-14-23(31)18-27(25)35-19-20-9-5-3-6-10-20/h3,5-6,9-10,13-18,21H,4,7-8,11-12,19H2,1-2H3. The first-order valence-corrected chi connectivity index (χ1v) is 12.2. The van der Waals surface area contributed by atoms with E-state index in [-0.39, 0.29) is 11.8 Å². The van der Waals surface area contributed by atoms with Gasteiger partial charge in [0.15, 0.2) is 0 Å². The monoisotopic (exact) mass is 471 g/mol. The number of esters is 1. The summed E-state index contributed by atoms with van der Waals surface area (Å²) in [4.78, 5) is 12.3. The number of ether oxygens (including phenoxy) is 2. The van der Waals surface area contributed by atoms with Gasteiger partial charge >= 0.3 is 5.97 Å². The van der Waals surface area contributed by atoms with E-state index in [4.69, 9.17) is 9.47 Å². The molecule has 0 radical (unpaired) electrons. The number of benzene rings is 3. The lowest BCUT2D eigenvalue weighted by atomic mass is 9.81. The third-order valence-corrected chi connectivity index (χ3v) is 7.11. The molecular weight excluding hydrogens is 441 g/mol. The molecule has 1 aromatic heterocycles. The molecule has 4 nitrogen and oxygen atoms in total. The van der Waals surface area contributed by atoms with E-state index >= 15 is 0 Å². The minimum atomic E-state index is -0.359. The highest BCUT2D eigenvalue weighted by Gasteiger charge is 2.27. The first-order chi connectivity index (χ1) is 17.1. The highest BCUT2D eigenvalue weighted by Crippen LogP contribution is 2.46. The van der Waals surface area contributed by atoms with Crippen LogP contribution in [0.1, 0.15) is 59.5 Å². The molecule has 0 amide bonds. The maximum absolute atomic E-state index is 14.4. The third kappa shape index (κ3) is 4.55. The Morgan fingerprint density at radius 1 is 1.00 bits per heavy atom. The summed E-state index contributed by atoms with van der Waals surface area (Å²) in [7, 11) is 3.40. The predicted molar refractivity (Wildman–Crippen MR) is 136 cm³/mol. The van der Waals surface area contributed by atoms with Crippen LogP contribution in [0.5, 0.6) is 5.75 Å². The van der Waals surface area contributed by atoms with Gasteiger partial charge in [0.2, 0.25) is 0 Å². The van der Waals surface area contributed by atoms with Gasteiger partial charge in [-0.1, -0.05) is 55.7 Å². The molecule has 0 bridgehead atoms. The highest BCUT2D eigenvalue weighted by atomic mass is 19.1. The van der Waals surface area contributed by atoms with Gasteiger partial charge in [0, 0.05) is 29.6 Å². The van der Waals surface area contributed by atoms with Crippen LogP contribution in [0.25, 0.3) is 22.2 Å². The number of carbonyl (C=O) groups excluding carboxylic acids is 1. The van der Waals surface area contributed by atoms with E-state index < -0.39 is 0 Å². The average Bonchev–Trinajstić information content (AvgIpc) is 3.19. The van der Waals surface area contributed by atoms with Crippen LogP contribution >= 0.6 is 0 Å². The van der Waals surface area contributed by atoms with Crippen molar-refractivity contribution in [3.05, 3.63) is 89.2 Å². The number of nitrogens with zero attached hydrogens (tertiary/aromatic N) is 1. The molecule has 0 unspecified atom stereocenters. The Hall–Kier alpha value is -3.60. The Morgan fingerprint density at radius 2 is 1.77 bits per heavy atom. The molecule has 1 fully saturated rings. The van der Waals surface area contributed by atoms with Crippen LogP contribution in [0.15, 0.2) is 66.7 Å². The zero-order valence-electron chi connectivity index (χ0n) is 20.2. The van der Waals surface area contributed by atoms with Crippen molar-refractivity contribution in [2.45, 2.75) is 44.6 Å². The van der Waals surface area contributed by atoms with Crippen LogP contribution in [0.4, 0.5) is 4.39 Å². The highest BCUT2D eigenvalue weighted by molar-refractivity contribution is 5.99. The van der Waals surface area contributed by atoms with Gasteiger partial charge < -0.3 is 14.0 Å². The van der Waals surface area contributed by atoms with Gasteiger partial charge in [0.05, 0.1) is 18.4 Å². The molecule has 1 heterocycles. The van der Waals surface area contributed by atoms with Crippen molar-refractivity contribution < 1.29 is 18.7 Å². The SMILES string of the molecule is COC(=O)c1ccc2c(C3CCCCC3)c(-c3ccc(F)cc3OCc3ccccc3)n(C)c2c1. The fourth-order valence-electron chi connectivity index (χ4n) is 5.39. The van der Waals surface area contributed by atoms with Gasteiger partial charge in [0.25, 0.3) is 0 Å². The van der Waals surface area contributed by atoms with E-state index in [1.54, 1.807) is 0 Å². The number of fused-ring (bicyclic) bond motifs is 1. The molecule has 0 spiro atoms. The zero-order valence-corrected chi connectivity index (χ0v) is 20.2. The normalized spacial score (nSPS) is 14.3. The van der Waals surface area contributed by atoms with Crippen LogP contribution in [0.3, 0.4) is 0 Å². The Bertz CT molecular complexity index is 1350. The van der Waals surface area contributed by atoms with Crippen molar-refractivity contribution in [3.63, 3.8) is 0 Å². The lowest BCUT2D eigenvalue weighted by Crippen LogP contribution is -2.07. The van der Waals surface area contributed by atoms with E-state index in [1.807, 2.05) is 61.6 Å². The fourth-order valence-corrected chi connectivity index (χ4v) is 5.39. The number of hydrogen-bond acceptors (Lipinski definition) is 3. The van der Waals surface area contributed by atoms with Crippen LogP contribution < -0.4 is 4.74 Å². The van der Waals surface area contributed by atoms with Crippen LogP contribution in [0, 0.1) is 5.82 Å². The molecule has 5 heteroatoms. The molecular formula is C30H30FNO3. The number of aromatic nitrogens is 1. The molecule has 0 atom stereocenters. The van der Waals surface area contributed by atoms with E-state index in [0.717, 1.165) is 40.6 Å². The Kier molecular flexibility index (Phi) is 6.58. The summed E-state index contributed by atoms with van der Waals surface area (Å²) in [6, 6.07) is 20.4. The molecule has 1 aliphatic carbocycles. The molecule has 0 saturated heterocycles. The van der Waals surface area contributed by atoms with Gasteiger partial charge in [-0.3, -0.25) is 0 Å². The molecule has 180 valence electrons. The maximum Gasteiger partial charge on any atom is 0.337 e. The van der Waals surface area contributed by atoms with Crippen molar-refractivity contribution >= 4 is 16.9 Å². The fraction of sp³-hybridized carbons (Fsp3) is 0.300. The van der Waals surface area contributed by atoms with Crippen LogP contribution in [0.2, 0.25) is 0 Å². The average molecular weight is 472 g/mol. The Morgan fingerprint density at radius 3 is 2.51 bits per heavy atom. The summed E-state index contributed by atoms with van der Waals surface area (Å²) in [5.41, 5.74) is 5.65. The molecule has 1 aliphatic rings. The number of methoxy groups -OCH3 is 1. The van der Waals surface area contributed by atoms with Crippen LogP contribution in [-0.4, -0.2) is 17.6 Å².